The normalized spacial score (nSPS) is 10.9. The van der Waals surface area contributed by atoms with Gasteiger partial charge in [0.2, 0.25) is 0 Å². The molecule has 2 heterocycles. The summed E-state index contributed by atoms with van der Waals surface area (Å²) in [5.41, 5.74) is -0.106. The molecule has 13 heavy (non-hydrogen) atoms. The van der Waals surface area contributed by atoms with Crippen LogP contribution in [0.5, 0.6) is 0 Å². The third kappa shape index (κ3) is 1.47. The summed E-state index contributed by atoms with van der Waals surface area (Å²) in [7, 11) is 0. The van der Waals surface area contributed by atoms with E-state index in [4.69, 9.17) is 11.6 Å². The van der Waals surface area contributed by atoms with Crippen molar-refractivity contribution in [1.29, 1.82) is 0 Å². The summed E-state index contributed by atoms with van der Waals surface area (Å²) in [5.74, 6) is 0.767. The van der Waals surface area contributed by atoms with Crippen molar-refractivity contribution in [2.75, 3.05) is 0 Å². The number of fused-ring (bicyclic) bond motifs is 1. The minimum Gasteiger partial charge on any atom is -0.309 e. The van der Waals surface area contributed by atoms with Gasteiger partial charge in [0, 0.05) is 4.88 Å². The Labute approximate surface area is 83.4 Å². The number of H-pyrrole nitrogens is 1. The molecule has 0 spiro atoms. The van der Waals surface area contributed by atoms with Gasteiger partial charge >= 0.3 is 0 Å². The Morgan fingerprint density at radius 3 is 3.15 bits per heavy atom. The molecule has 0 amide bonds. The lowest BCUT2D eigenvalue weighted by atomic mass is 10.4. The summed E-state index contributed by atoms with van der Waals surface area (Å²) in [6, 6.07) is 1.84. The first-order chi connectivity index (χ1) is 6.20. The van der Waals surface area contributed by atoms with E-state index in [1.807, 2.05) is 13.0 Å². The van der Waals surface area contributed by atoms with Crippen LogP contribution in [-0.4, -0.2) is 9.97 Å². The van der Waals surface area contributed by atoms with E-state index < -0.39 is 0 Å². The lowest BCUT2D eigenvalue weighted by Gasteiger charge is -1.93. The van der Waals surface area contributed by atoms with Crippen LogP contribution in [-0.2, 0) is 5.88 Å². The van der Waals surface area contributed by atoms with Crippen molar-refractivity contribution >= 4 is 33.2 Å². The van der Waals surface area contributed by atoms with Gasteiger partial charge in [0.05, 0.1) is 11.3 Å². The fraction of sp³-hybridized carbons (Fsp3) is 0.250. The monoisotopic (exact) mass is 214 g/mol. The number of hydrogen-bond donors (Lipinski definition) is 1. The fourth-order valence-electron chi connectivity index (χ4n) is 1.16. The van der Waals surface area contributed by atoms with Gasteiger partial charge in [-0.1, -0.05) is 0 Å². The molecule has 2 aromatic rings. The Bertz CT molecular complexity index is 502. The number of nitrogens with one attached hydrogen (secondary N) is 1. The van der Waals surface area contributed by atoms with E-state index in [1.165, 1.54) is 11.3 Å². The van der Waals surface area contributed by atoms with Crippen molar-refractivity contribution < 1.29 is 0 Å². The molecular weight excluding hydrogens is 208 g/mol. The zero-order valence-corrected chi connectivity index (χ0v) is 8.50. The van der Waals surface area contributed by atoms with Crippen LogP contribution in [0.3, 0.4) is 0 Å². The maximum absolute atomic E-state index is 11.4. The van der Waals surface area contributed by atoms with Gasteiger partial charge in [-0.3, -0.25) is 4.79 Å². The molecule has 0 atom stereocenters. The SMILES string of the molecule is Cc1cc2c(=O)[nH]c(CCl)nc2s1. The van der Waals surface area contributed by atoms with Gasteiger partial charge in [-0.25, -0.2) is 4.98 Å². The first kappa shape index (κ1) is 8.72. The summed E-state index contributed by atoms with van der Waals surface area (Å²) in [6.45, 7) is 1.95. The van der Waals surface area contributed by atoms with Crippen molar-refractivity contribution in [1.82, 2.24) is 9.97 Å². The van der Waals surface area contributed by atoms with Gasteiger partial charge in [0.15, 0.2) is 0 Å². The van der Waals surface area contributed by atoms with E-state index in [-0.39, 0.29) is 11.4 Å². The van der Waals surface area contributed by atoms with E-state index in [2.05, 4.69) is 9.97 Å². The van der Waals surface area contributed by atoms with Crippen LogP contribution in [0, 0.1) is 6.92 Å². The predicted molar refractivity (Wildman–Crippen MR) is 54.5 cm³/mol. The van der Waals surface area contributed by atoms with Crippen LogP contribution in [0.4, 0.5) is 0 Å². The average Bonchev–Trinajstić information content (AvgIpc) is 2.46. The highest BCUT2D eigenvalue weighted by molar-refractivity contribution is 7.18. The standard InChI is InChI=1S/C8H7ClN2OS/c1-4-2-5-7(12)10-6(3-9)11-8(5)13-4/h2H,3H2,1H3,(H,10,11,12). The molecule has 0 aromatic carbocycles. The molecule has 0 radical (unpaired) electrons. The molecule has 0 saturated carbocycles. The van der Waals surface area contributed by atoms with E-state index in [0.717, 1.165) is 9.71 Å². The molecule has 2 aromatic heterocycles. The van der Waals surface area contributed by atoms with Crippen molar-refractivity contribution in [3.63, 3.8) is 0 Å². The molecule has 0 saturated heterocycles. The Morgan fingerprint density at radius 1 is 1.69 bits per heavy atom. The first-order valence-corrected chi connectivity index (χ1v) is 5.11. The molecule has 0 aliphatic carbocycles. The molecule has 68 valence electrons. The topological polar surface area (TPSA) is 45.8 Å². The van der Waals surface area contributed by atoms with Crippen molar-refractivity contribution in [3.8, 4) is 0 Å². The predicted octanol–water partition coefficient (Wildman–Crippen LogP) is 2.03. The highest BCUT2D eigenvalue weighted by Crippen LogP contribution is 2.19. The third-order valence-electron chi connectivity index (χ3n) is 1.70. The van der Waals surface area contributed by atoms with Gasteiger partial charge < -0.3 is 4.98 Å². The van der Waals surface area contributed by atoms with Gasteiger partial charge in [0.1, 0.15) is 10.7 Å². The maximum Gasteiger partial charge on any atom is 0.259 e. The lowest BCUT2D eigenvalue weighted by molar-refractivity contribution is 1.04. The molecular formula is C8H7ClN2OS. The molecule has 0 bridgehead atoms. The second-order valence-electron chi connectivity index (χ2n) is 2.72. The van der Waals surface area contributed by atoms with Crippen LogP contribution in [0.1, 0.15) is 10.7 Å². The van der Waals surface area contributed by atoms with Gasteiger partial charge in [-0.2, -0.15) is 0 Å². The Balaban J connectivity index is 2.83. The molecule has 1 N–H and O–H groups in total. The Morgan fingerprint density at radius 2 is 2.46 bits per heavy atom. The molecule has 5 heteroatoms. The van der Waals surface area contributed by atoms with Crippen LogP contribution in [0.2, 0.25) is 0 Å². The van der Waals surface area contributed by atoms with Crippen LogP contribution >= 0.6 is 22.9 Å². The second kappa shape index (κ2) is 3.12. The van der Waals surface area contributed by atoms with Crippen molar-refractivity contribution in [3.05, 3.63) is 27.1 Å². The van der Waals surface area contributed by atoms with Crippen molar-refractivity contribution in [2.24, 2.45) is 0 Å². The summed E-state index contributed by atoms with van der Waals surface area (Å²) in [6.07, 6.45) is 0. The Hall–Kier alpha value is -0.870. The number of aromatic nitrogens is 2. The highest BCUT2D eigenvalue weighted by atomic mass is 35.5. The number of hydrogen-bond acceptors (Lipinski definition) is 3. The molecule has 3 nitrogen and oxygen atoms in total. The van der Waals surface area contributed by atoms with E-state index in [0.29, 0.717) is 11.2 Å². The van der Waals surface area contributed by atoms with Crippen LogP contribution in [0.25, 0.3) is 10.2 Å². The second-order valence-corrected chi connectivity index (χ2v) is 4.22. The van der Waals surface area contributed by atoms with E-state index in [1.54, 1.807) is 0 Å². The number of nitrogens with zero attached hydrogens (tertiary/aromatic N) is 1. The quantitative estimate of drug-likeness (QED) is 0.739. The minimum atomic E-state index is -0.106. The molecule has 0 aliphatic rings. The van der Waals surface area contributed by atoms with Crippen LogP contribution < -0.4 is 5.56 Å². The van der Waals surface area contributed by atoms with Gasteiger partial charge in [-0.05, 0) is 13.0 Å². The first-order valence-electron chi connectivity index (χ1n) is 3.76. The average molecular weight is 215 g/mol. The summed E-state index contributed by atoms with van der Waals surface area (Å²) in [5, 5.41) is 0.649. The molecule has 0 unspecified atom stereocenters. The maximum atomic E-state index is 11.4. The van der Waals surface area contributed by atoms with E-state index in [9.17, 15) is 4.79 Å². The minimum absolute atomic E-state index is 0.106. The number of thiophene rings is 1. The van der Waals surface area contributed by atoms with Gasteiger partial charge in [-0.15, -0.1) is 22.9 Å². The summed E-state index contributed by atoms with van der Waals surface area (Å²) < 4.78 is 0. The summed E-state index contributed by atoms with van der Waals surface area (Å²) >= 11 is 7.08. The van der Waals surface area contributed by atoms with Gasteiger partial charge in [0.25, 0.3) is 5.56 Å². The number of aromatic amines is 1. The molecule has 2 rings (SSSR count). The summed E-state index contributed by atoms with van der Waals surface area (Å²) in [4.78, 5) is 20.1. The number of aryl methyl sites for hydroxylation is 1. The number of halogens is 1. The number of rotatable bonds is 1. The number of alkyl halides is 1. The largest absolute Gasteiger partial charge is 0.309 e. The lowest BCUT2D eigenvalue weighted by Crippen LogP contribution is -2.09. The Kier molecular flexibility index (Phi) is 2.09. The van der Waals surface area contributed by atoms with Crippen molar-refractivity contribution in [2.45, 2.75) is 12.8 Å². The molecule has 0 aliphatic heterocycles. The van der Waals surface area contributed by atoms with Crippen LogP contribution in [0.15, 0.2) is 10.9 Å². The highest BCUT2D eigenvalue weighted by Gasteiger charge is 2.05. The third-order valence-corrected chi connectivity index (χ3v) is 2.90. The smallest absolute Gasteiger partial charge is 0.259 e. The van der Waals surface area contributed by atoms with E-state index >= 15 is 0 Å². The zero-order valence-electron chi connectivity index (χ0n) is 6.93. The fourth-order valence-corrected chi connectivity index (χ4v) is 2.19. The zero-order chi connectivity index (χ0) is 9.42. The molecule has 0 fully saturated rings.